The van der Waals surface area contributed by atoms with Crippen LogP contribution in [0.25, 0.3) is 11.0 Å². The first kappa shape index (κ1) is 16.4. The molecule has 0 saturated heterocycles. The molecular weight excluding hydrogens is 328 g/mol. The van der Waals surface area contributed by atoms with E-state index in [-0.39, 0.29) is 5.91 Å². The molecule has 1 amide bonds. The Morgan fingerprint density at radius 1 is 1.23 bits per heavy atom. The minimum atomic E-state index is -0.0102. The molecule has 1 fully saturated rings. The lowest BCUT2D eigenvalue weighted by Gasteiger charge is -2.27. The SMILES string of the molecule is CC(=O)N(C)c1ccc(Nc2nc(N)c3ccn(C4CCC4)c3n2)cc1. The molecule has 0 bridgehead atoms. The molecule has 7 heteroatoms. The van der Waals surface area contributed by atoms with Gasteiger partial charge in [0, 0.05) is 37.6 Å². The predicted molar refractivity (Wildman–Crippen MR) is 104 cm³/mol. The van der Waals surface area contributed by atoms with E-state index in [0.29, 0.717) is 17.8 Å². The number of benzene rings is 1. The number of fused-ring (bicyclic) bond motifs is 1. The third kappa shape index (κ3) is 2.85. The molecule has 134 valence electrons. The van der Waals surface area contributed by atoms with Crippen LogP contribution >= 0.6 is 0 Å². The first-order chi connectivity index (χ1) is 12.5. The molecule has 2 heterocycles. The molecule has 1 aliphatic rings. The minimum absolute atomic E-state index is 0.0102. The summed E-state index contributed by atoms with van der Waals surface area (Å²) < 4.78 is 2.20. The molecule has 3 aromatic rings. The van der Waals surface area contributed by atoms with Crippen molar-refractivity contribution in [3.05, 3.63) is 36.5 Å². The number of hydrogen-bond acceptors (Lipinski definition) is 5. The monoisotopic (exact) mass is 350 g/mol. The summed E-state index contributed by atoms with van der Waals surface area (Å²) in [6.45, 7) is 1.54. The van der Waals surface area contributed by atoms with E-state index in [1.54, 1.807) is 11.9 Å². The second kappa shape index (κ2) is 6.33. The number of carbonyl (C=O) groups excluding carboxylic acids is 1. The fourth-order valence-electron chi connectivity index (χ4n) is 3.15. The summed E-state index contributed by atoms with van der Waals surface area (Å²) in [5.41, 5.74) is 8.68. The molecule has 4 rings (SSSR count). The maximum atomic E-state index is 11.4. The number of anilines is 4. The summed E-state index contributed by atoms with van der Waals surface area (Å²) in [6.07, 6.45) is 5.68. The van der Waals surface area contributed by atoms with Crippen LogP contribution in [0.15, 0.2) is 36.5 Å². The number of aromatic nitrogens is 3. The quantitative estimate of drug-likeness (QED) is 0.752. The summed E-state index contributed by atoms with van der Waals surface area (Å²) >= 11 is 0. The molecule has 0 unspecified atom stereocenters. The summed E-state index contributed by atoms with van der Waals surface area (Å²) in [6, 6.07) is 10.0. The first-order valence-electron chi connectivity index (χ1n) is 8.78. The van der Waals surface area contributed by atoms with Gasteiger partial charge in [-0.3, -0.25) is 4.79 Å². The number of rotatable bonds is 4. The fraction of sp³-hybridized carbons (Fsp3) is 0.316. The van der Waals surface area contributed by atoms with E-state index < -0.39 is 0 Å². The largest absolute Gasteiger partial charge is 0.383 e. The smallest absolute Gasteiger partial charge is 0.231 e. The van der Waals surface area contributed by atoms with Crippen LogP contribution < -0.4 is 16.0 Å². The number of nitrogens with two attached hydrogens (primary N) is 1. The highest BCUT2D eigenvalue weighted by Crippen LogP contribution is 2.35. The molecule has 0 atom stereocenters. The molecule has 26 heavy (non-hydrogen) atoms. The van der Waals surface area contributed by atoms with E-state index >= 15 is 0 Å². The van der Waals surface area contributed by atoms with Crippen LogP contribution in [0.5, 0.6) is 0 Å². The van der Waals surface area contributed by atoms with Crippen molar-refractivity contribution in [3.8, 4) is 0 Å². The molecular formula is C19H22N6O. The van der Waals surface area contributed by atoms with Crippen molar-refractivity contribution >= 4 is 40.1 Å². The van der Waals surface area contributed by atoms with E-state index in [9.17, 15) is 4.79 Å². The Labute approximate surface area is 151 Å². The summed E-state index contributed by atoms with van der Waals surface area (Å²) in [5, 5.41) is 4.09. The van der Waals surface area contributed by atoms with Crippen molar-refractivity contribution in [2.45, 2.75) is 32.2 Å². The van der Waals surface area contributed by atoms with Crippen LogP contribution in [0.4, 0.5) is 23.1 Å². The van der Waals surface area contributed by atoms with Crippen molar-refractivity contribution in [1.29, 1.82) is 0 Å². The number of nitrogens with zero attached hydrogens (tertiary/aromatic N) is 4. The Bertz CT molecular complexity index is 958. The van der Waals surface area contributed by atoms with Crippen LogP contribution in [-0.2, 0) is 4.79 Å². The molecule has 7 nitrogen and oxygen atoms in total. The molecule has 1 saturated carbocycles. The van der Waals surface area contributed by atoms with Gasteiger partial charge in [-0.15, -0.1) is 0 Å². The second-order valence-electron chi connectivity index (χ2n) is 6.73. The maximum absolute atomic E-state index is 11.4. The van der Waals surface area contributed by atoms with Gasteiger partial charge in [0.2, 0.25) is 11.9 Å². The summed E-state index contributed by atoms with van der Waals surface area (Å²) in [4.78, 5) is 22.1. The highest BCUT2D eigenvalue weighted by atomic mass is 16.2. The van der Waals surface area contributed by atoms with E-state index in [1.807, 2.05) is 30.3 Å². The second-order valence-corrected chi connectivity index (χ2v) is 6.73. The highest BCUT2D eigenvalue weighted by Gasteiger charge is 2.22. The van der Waals surface area contributed by atoms with Gasteiger partial charge in [0.25, 0.3) is 0 Å². The summed E-state index contributed by atoms with van der Waals surface area (Å²) in [5.74, 6) is 0.939. The van der Waals surface area contributed by atoms with E-state index in [0.717, 1.165) is 22.4 Å². The molecule has 3 N–H and O–H groups in total. The average Bonchev–Trinajstić information content (AvgIpc) is 2.97. The lowest BCUT2D eigenvalue weighted by molar-refractivity contribution is -0.116. The van der Waals surface area contributed by atoms with E-state index in [2.05, 4.69) is 26.0 Å². The molecule has 0 aliphatic heterocycles. The maximum Gasteiger partial charge on any atom is 0.231 e. The van der Waals surface area contributed by atoms with Gasteiger partial charge in [-0.25, -0.2) is 0 Å². The van der Waals surface area contributed by atoms with Gasteiger partial charge in [0.1, 0.15) is 11.5 Å². The predicted octanol–water partition coefficient (Wildman–Crippen LogP) is 3.46. The van der Waals surface area contributed by atoms with Gasteiger partial charge in [-0.05, 0) is 49.6 Å². The lowest BCUT2D eigenvalue weighted by Crippen LogP contribution is -2.22. The van der Waals surface area contributed by atoms with Crippen LogP contribution in [0, 0.1) is 0 Å². The van der Waals surface area contributed by atoms with Crippen LogP contribution in [0.2, 0.25) is 0 Å². The Kier molecular flexibility index (Phi) is 3.99. The van der Waals surface area contributed by atoms with Gasteiger partial charge in [0.15, 0.2) is 0 Å². The van der Waals surface area contributed by atoms with Gasteiger partial charge < -0.3 is 20.5 Å². The Hall–Kier alpha value is -3.09. The zero-order valence-electron chi connectivity index (χ0n) is 14.9. The standard InChI is InChI=1S/C19H22N6O/c1-12(26)24(2)14-8-6-13(7-9-14)21-19-22-17(20)16-10-11-25(18(16)23-19)15-4-3-5-15/h6-11,15H,3-5H2,1-2H3,(H3,20,21,22,23). The normalized spacial score (nSPS) is 14.2. The Morgan fingerprint density at radius 3 is 2.58 bits per heavy atom. The van der Waals surface area contributed by atoms with Gasteiger partial charge in [-0.1, -0.05) is 0 Å². The topological polar surface area (TPSA) is 89.1 Å². The number of hydrogen-bond donors (Lipinski definition) is 2. The molecule has 0 spiro atoms. The van der Waals surface area contributed by atoms with Gasteiger partial charge >= 0.3 is 0 Å². The van der Waals surface area contributed by atoms with Crippen LogP contribution in [0.3, 0.4) is 0 Å². The van der Waals surface area contributed by atoms with Crippen molar-refractivity contribution in [1.82, 2.24) is 14.5 Å². The molecule has 1 aliphatic carbocycles. The third-order valence-electron chi connectivity index (χ3n) is 5.05. The number of nitrogens with one attached hydrogen (secondary N) is 1. The lowest BCUT2D eigenvalue weighted by atomic mass is 9.93. The fourth-order valence-corrected chi connectivity index (χ4v) is 3.15. The van der Waals surface area contributed by atoms with Crippen molar-refractivity contribution in [2.24, 2.45) is 0 Å². The van der Waals surface area contributed by atoms with Crippen LogP contribution in [0.1, 0.15) is 32.2 Å². The zero-order valence-corrected chi connectivity index (χ0v) is 14.9. The minimum Gasteiger partial charge on any atom is -0.383 e. The molecule has 1 aromatic carbocycles. The van der Waals surface area contributed by atoms with Crippen LogP contribution in [-0.4, -0.2) is 27.5 Å². The Balaban J connectivity index is 1.61. The van der Waals surface area contributed by atoms with E-state index in [4.69, 9.17) is 5.73 Å². The average molecular weight is 350 g/mol. The molecule has 2 aromatic heterocycles. The molecule has 0 radical (unpaired) electrons. The van der Waals surface area contributed by atoms with Crippen molar-refractivity contribution < 1.29 is 4.79 Å². The third-order valence-corrected chi connectivity index (χ3v) is 5.05. The summed E-state index contributed by atoms with van der Waals surface area (Å²) in [7, 11) is 1.75. The van der Waals surface area contributed by atoms with Crippen molar-refractivity contribution in [3.63, 3.8) is 0 Å². The zero-order chi connectivity index (χ0) is 18.3. The van der Waals surface area contributed by atoms with E-state index in [1.165, 1.54) is 26.2 Å². The van der Waals surface area contributed by atoms with Crippen molar-refractivity contribution in [2.75, 3.05) is 23.0 Å². The number of amides is 1. The van der Waals surface area contributed by atoms with Gasteiger partial charge in [-0.2, -0.15) is 9.97 Å². The highest BCUT2D eigenvalue weighted by molar-refractivity contribution is 5.91. The first-order valence-corrected chi connectivity index (χ1v) is 8.78. The Morgan fingerprint density at radius 2 is 1.96 bits per heavy atom. The van der Waals surface area contributed by atoms with Gasteiger partial charge in [0.05, 0.1) is 5.39 Å². The number of carbonyl (C=O) groups is 1. The number of nitrogen functional groups attached to an aromatic ring is 1.